The van der Waals surface area contributed by atoms with E-state index in [1.165, 1.54) is 12.3 Å². The molecule has 0 aliphatic carbocycles. The van der Waals surface area contributed by atoms with Gasteiger partial charge in [-0.1, -0.05) is 12.1 Å². The molecule has 6 heteroatoms. The molecule has 18 heavy (non-hydrogen) atoms. The Morgan fingerprint density at radius 2 is 2.22 bits per heavy atom. The highest BCUT2D eigenvalue weighted by molar-refractivity contribution is 5.18. The number of nitrogens with zero attached hydrogens (tertiary/aromatic N) is 4. The summed E-state index contributed by atoms with van der Waals surface area (Å²) in [5.41, 5.74) is 7.16. The molecule has 2 aromatic heterocycles. The second-order valence-electron chi connectivity index (χ2n) is 4.43. The molecule has 0 saturated carbocycles. The molecule has 2 heterocycles. The fourth-order valence-electron chi connectivity index (χ4n) is 1.87. The van der Waals surface area contributed by atoms with Crippen LogP contribution in [0, 0.1) is 5.82 Å². The summed E-state index contributed by atoms with van der Waals surface area (Å²) >= 11 is 0. The van der Waals surface area contributed by atoms with E-state index >= 15 is 0 Å². The van der Waals surface area contributed by atoms with Crippen LogP contribution in [0.15, 0.2) is 24.5 Å². The van der Waals surface area contributed by atoms with E-state index < -0.39 is 5.54 Å². The maximum atomic E-state index is 12.9. The lowest BCUT2D eigenvalue weighted by atomic mass is 9.88. The number of hydrogen-bond donors (Lipinski definition) is 1. The van der Waals surface area contributed by atoms with Crippen LogP contribution in [0.1, 0.15) is 24.7 Å². The van der Waals surface area contributed by atoms with Crippen molar-refractivity contribution in [2.45, 2.75) is 25.3 Å². The molecule has 96 valence electrons. The first-order valence-electron chi connectivity index (χ1n) is 5.79. The molecular weight excluding hydrogens is 233 g/mol. The number of rotatable bonds is 4. The van der Waals surface area contributed by atoms with Gasteiger partial charge in [0.15, 0.2) is 0 Å². The largest absolute Gasteiger partial charge is 0.320 e. The summed E-state index contributed by atoms with van der Waals surface area (Å²) in [5.74, 6) is -0.364. The first kappa shape index (κ1) is 12.6. The first-order valence-corrected chi connectivity index (χ1v) is 5.79. The third kappa shape index (κ3) is 2.53. The Kier molecular flexibility index (Phi) is 3.38. The second-order valence-corrected chi connectivity index (χ2v) is 4.43. The summed E-state index contributed by atoms with van der Waals surface area (Å²) in [6.07, 6.45) is 4.21. The van der Waals surface area contributed by atoms with Crippen molar-refractivity contribution in [2.24, 2.45) is 12.8 Å². The highest BCUT2D eigenvalue weighted by atomic mass is 19.1. The highest BCUT2D eigenvalue weighted by Crippen LogP contribution is 2.24. The van der Waals surface area contributed by atoms with Crippen molar-refractivity contribution in [3.05, 3.63) is 41.7 Å². The van der Waals surface area contributed by atoms with Gasteiger partial charge in [0.25, 0.3) is 0 Å². The SMILES string of the molecule is CCC(N)(Cc1cn(C)nn1)c1ccc(F)cn1. The van der Waals surface area contributed by atoms with Crippen LogP contribution >= 0.6 is 0 Å². The van der Waals surface area contributed by atoms with Crippen LogP contribution < -0.4 is 5.73 Å². The van der Waals surface area contributed by atoms with Crippen molar-refractivity contribution < 1.29 is 4.39 Å². The third-order valence-corrected chi connectivity index (χ3v) is 3.02. The predicted molar refractivity (Wildman–Crippen MR) is 65.1 cm³/mol. The molecule has 0 aromatic carbocycles. The van der Waals surface area contributed by atoms with E-state index in [4.69, 9.17) is 5.73 Å². The van der Waals surface area contributed by atoms with Gasteiger partial charge in [0.2, 0.25) is 0 Å². The van der Waals surface area contributed by atoms with Gasteiger partial charge in [-0.25, -0.2) is 4.39 Å². The molecule has 0 amide bonds. The topological polar surface area (TPSA) is 69.6 Å². The number of aromatic nitrogens is 4. The van der Waals surface area contributed by atoms with Crippen molar-refractivity contribution in [1.29, 1.82) is 0 Å². The minimum atomic E-state index is -0.649. The zero-order valence-electron chi connectivity index (χ0n) is 10.5. The molecule has 2 aromatic rings. The first-order chi connectivity index (χ1) is 8.53. The smallest absolute Gasteiger partial charge is 0.141 e. The Hall–Kier alpha value is -1.82. The van der Waals surface area contributed by atoms with Gasteiger partial charge >= 0.3 is 0 Å². The van der Waals surface area contributed by atoms with Crippen LogP contribution in [0.25, 0.3) is 0 Å². The summed E-state index contributed by atoms with van der Waals surface area (Å²) in [4.78, 5) is 4.07. The third-order valence-electron chi connectivity index (χ3n) is 3.02. The lowest BCUT2D eigenvalue weighted by molar-refractivity contribution is 0.406. The Bertz CT molecular complexity index is 522. The lowest BCUT2D eigenvalue weighted by Gasteiger charge is -2.26. The molecule has 0 aliphatic rings. The monoisotopic (exact) mass is 249 g/mol. The van der Waals surface area contributed by atoms with Gasteiger partial charge in [0.1, 0.15) is 5.82 Å². The fourth-order valence-corrected chi connectivity index (χ4v) is 1.87. The molecule has 5 nitrogen and oxygen atoms in total. The Morgan fingerprint density at radius 3 is 2.72 bits per heavy atom. The summed E-state index contributed by atoms with van der Waals surface area (Å²) < 4.78 is 14.5. The molecule has 0 bridgehead atoms. The summed E-state index contributed by atoms with van der Waals surface area (Å²) in [5, 5.41) is 7.90. The van der Waals surface area contributed by atoms with E-state index in [9.17, 15) is 4.39 Å². The van der Waals surface area contributed by atoms with Crippen molar-refractivity contribution in [3.63, 3.8) is 0 Å². The molecule has 0 fully saturated rings. The quantitative estimate of drug-likeness (QED) is 0.882. The number of halogens is 1. The van der Waals surface area contributed by atoms with Gasteiger partial charge in [-0.05, 0) is 18.6 Å². The standard InChI is InChI=1S/C12H16FN5/c1-3-12(14,6-10-8-18(2)17-16-10)11-5-4-9(13)7-15-11/h4-5,7-8H,3,6,14H2,1-2H3. The zero-order valence-corrected chi connectivity index (χ0v) is 10.5. The van der Waals surface area contributed by atoms with Crippen LogP contribution in [0.4, 0.5) is 4.39 Å². The van der Waals surface area contributed by atoms with E-state index in [1.807, 2.05) is 13.1 Å². The molecule has 1 atom stereocenters. The van der Waals surface area contributed by atoms with Gasteiger partial charge in [0, 0.05) is 19.7 Å². The van der Waals surface area contributed by atoms with Crippen LogP contribution in [0.2, 0.25) is 0 Å². The molecule has 1 unspecified atom stereocenters. The average molecular weight is 249 g/mol. The number of pyridine rings is 1. The van der Waals surface area contributed by atoms with Gasteiger partial charge in [-0.15, -0.1) is 5.10 Å². The molecule has 0 radical (unpaired) electrons. The lowest BCUT2D eigenvalue weighted by Crippen LogP contribution is -2.39. The Morgan fingerprint density at radius 1 is 1.44 bits per heavy atom. The van der Waals surface area contributed by atoms with E-state index in [0.29, 0.717) is 18.5 Å². The predicted octanol–water partition coefficient (Wildman–Crippen LogP) is 1.16. The molecule has 0 saturated heterocycles. The summed E-state index contributed by atoms with van der Waals surface area (Å²) in [6.45, 7) is 1.97. The van der Waals surface area contributed by atoms with Gasteiger partial charge < -0.3 is 5.73 Å². The normalized spacial score (nSPS) is 14.4. The number of hydrogen-bond acceptors (Lipinski definition) is 4. The minimum Gasteiger partial charge on any atom is -0.320 e. The highest BCUT2D eigenvalue weighted by Gasteiger charge is 2.28. The van der Waals surface area contributed by atoms with E-state index in [0.717, 1.165) is 5.69 Å². The van der Waals surface area contributed by atoms with Crippen molar-refractivity contribution in [3.8, 4) is 0 Å². The second kappa shape index (κ2) is 4.81. The maximum absolute atomic E-state index is 12.9. The van der Waals surface area contributed by atoms with E-state index in [2.05, 4.69) is 15.3 Å². The summed E-state index contributed by atoms with van der Waals surface area (Å²) in [6, 6.07) is 2.99. The minimum absolute atomic E-state index is 0.364. The zero-order chi connectivity index (χ0) is 13.2. The van der Waals surface area contributed by atoms with Crippen molar-refractivity contribution in [2.75, 3.05) is 0 Å². The molecule has 2 N–H and O–H groups in total. The maximum Gasteiger partial charge on any atom is 0.141 e. The van der Waals surface area contributed by atoms with E-state index in [1.54, 1.807) is 17.8 Å². The van der Waals surface area contributed by atoms with Crippen molar-refractivity contribution >= 4 is 0 Å². The number of aryl methyl sites for hydroxylation is 1. The Labute approximate surface area is 105 Å². The van der Waals surface area contributed by atoms with Crippen molar-refractivity contribution in [1.82, 2.24) is 20.0 Å². The average Bonchev–Trinajstić information content (AvgIpc) is 2.75. The summed E-state index contributed by atoms with van der Waals surface area (Å²) in [7, 11) is 1.80. The fraction of sp³-hybridized carbons (Fsp3) is 0.417. The molecule has 2 rings (SSSR count). The van der Waals surface area contributed by atoms with Crippen LogP contribution in [0.3, 0.4) is 0 Å². The molecule has 0 spiro atoms. The molecular formula is C12H16FN5. The van der Waals surface area contributed by atoms with Gasteiger partial charge in [-0.2, -0.15) is 0 Å². The molecule has 0 aliphatic heterocycles. The van der Waals surface area contributed by atoms with Crippen LogP contribution in [0.5, 0.6) is 0 Å². The van der Waals surface area contributed by atoms with Gasteiger partial charge in [0.05, 0.1) is 23.1 Å². The van der Waals surface area contributed by atoms with Gasteiger partial charge in [-0.3, -0.25) is 9.67 Å². The van der Waals surface area contributed by atoms with Crippen LogP contribution in [-0.2, 0) is 19.0 Å². The van der Waals surface area contributed by atoms with E-state index in [-0.39, 0.29) is 5.82 Å². The van der Waals surface area contributed by atoms with Crippen LogP contribution in [-0.4, -0.2) is 20.0 Å². The Balaban J connectivity index is 2.27. The number of nitrogens with two attached hydrogens (primary N) is 1.